The summed E-state index contributed by atoms with van der Waals surface area (Å²) in [6.45, 7) is 4.13. The van der Waals surface area contributed by atoms with E-state index in [0.717, 1.165) is 42.1 Å². The van der Waals surface area contributed by atoms with Crippen LogP contribution in [0.3, 0.4) is 0 Å². The van der Waals surface area contributed by atoms with Crippen LogP contribution >= 0.6 is 23.2 Å². The first-order valence-corrected chi connectivity index (χ1v) is 10.3. The number of fused-ring (bicyclic) bond motifs is 1. The fraction of sp³-hybridized carbons (Fsp3) is 0.450. The van der Waals surface area contributed by atoms with E-state index in [4.69, 9.17) is 32.7 Å². The topological polar surface area (TPSA) is 37.8 Å². The summed E-state index contributed by atoms with van der Waals surface area (Å²) in [6, 6.07) is 4.69. The molecule has 1 fully saturated rings. The van der Waals surface area contributed by atoms with Gasteiger partial charge >= 0.3 is 6.18 Å². The lowest BCUT2D eigenvalue weighted by Gasteiger charge is -2.26. The van der Waals surface area contributed by atoms with Gasteiger partial charge in [-0.1, -0.05) is 23.2 Å². The van der Waals surface area contributed by atoms with Gasteiger partial charge in [0, 0.05) is 55.1 Å². The Labute approximate surface area is 182 Å². The first kappa shape index (κ1) is 21.5. The van der Waals surface area contributed by atoms with Gasteiger partial charge in [-0.25, -0.2) is 4.98 Å². The largest absolute Gasteiger partial charge is 0.467 e. The van der Waals surface area contributed by atoms with Crippen LogP contribution in [0.15, 0.2) is 24.4 Å². The predicted octanol–water partition coefficient (Wildman–Crippen LogP) is 4.99. The number of hydrogen-bond donors (Lipinski definition) is 0. The Balaban J connectivity index is 1.46. The van der Waals surface area contributed by atoms with Gasteiger partial charge in [0.2, 0.25) is 0 Å². The molecule has 162 valence electrons. The lowest BCUT2D eigenvalue weighted by molar-refractivity contribution is -0.137. The van der Waals surface area contributed by atoms with E-state index < -0.39 is 11.7 Å². The van der Waals surface area contributed by atoms with Crippen LogP contribution in [0.25, 0.3) is 0 Å². The van der Waals surface area contributed by atoms with Crippen molar-refractivity contribution in [1.29, 1.82) is 0 Å². The quantitative estimate of drug-likeness (QED) is 0.643. The van der Waals surface area contributed by atoms with Gasteiger partial charge in [0.15, 0.2) is 6.79 Å². The van der Waals surface area contributed by atoms with Crippen molar-refractivity contribution < 1.29 is 22.6 Å². The fourth-order valence-electron chi connectivity index (χ4n) is 3.77. The third kappa shape index (κ3) is 4.77. The van der Waals surface area contributed by atoms with Crippen LogP contribution < -0.4 is 9.64 Å². The highest BCUT2D eigenvalue weighted by Crippen LogP contribution is 2.35. The Morgan fingerprint density at radius 1 is 1.07 bits per heavy atom. The Bertz CT molecular complexity index is 927. The SMILES string of the molecule is FC(F)(F)c1cnc(N2CCCN(Cc3cc(Cl)cc4c3OCOC4)CC2)c(Cl)c1. The first-order valence-electron chi connectivity index (χ1n) is 9.53. The number of pyridine rings is 1. The number of ether oxygens (including phenoxy) is 2. The zero-order valence-electron chi connectivity index (χ0n) is 16.0. The van der Waals surface area contributed by atoms with Gasteiger partial charge in [-0.15, -0.1) is 0 Å². The summed E-state index contributed by atoms with van der Waals surface area (Å²) in [7, 11) is 0. The molecule has 3 heterocycles. The van der Waals surface area contributed by atoms with E-state index in [1.807, 2.05) is 17.0 Å². The molecular weight excluding hydrogens is 442 g/mol. The minimum Gasteiger partial charge on any atom is -0.467 e. The maximum Gasteiger partial charge on any atom is 0.417 e. The third-order valence-corrected chi connectivity index (χ3v) is 5.68. The van der Waals surface area contributed by atoms with Crippen molar-refractivity contribution in [1.82, 2.24) is 9.88 Å². The van der Waals surface area contributed by atoms with Gasteiger partial charge in [0.1, 0.15) is 11.6 Å². The van der Waals surface area contributed by atoms with Gasteiger partial charge in [0.05, 0.1) is 17.2 Å². The molecule has 0 N–H and O–H groups in total. The standard InChI is InChI=1S/C20H20Cl2F3N3O2/c21-16-6-13(18-14(7-16)11-29-12-30-18)10-27-2-1-3-28(5-4-27)19-17(22)8-15(9-26-19)20(23,24)25/h6-9H,1-5,10-12H2. The second-order valence-electron chi connectivity index (χ2n) is 7.31. The molecule has 30 heavy (non-hydrogen) atoms. The lowest BCUT2D eigenvalue weighted by Crippen LogP contribution is -2.31. The first-order chi connectivity index (χ1) is 14.3. The minimum atomic E-state index is -4.46. The van der Waals surface area contributed by atoms with Crippen molar-refractivity contribution in [3.63, 3.8) is 0 Å². The van der Waals surface area contributed by atoms with Crippen LogP contribution in [0, 0.1) is 0 Å². The van der Waals surface area contributed by atoms with Crippen LogP contribution in [0.2, 0.25) is 10.0 Å². The number of hydrogen-bond acceptors (Lipinski definition) is 5. The minimum absolute atomic E-state index is 0.00980. The molecule has 5 nitrogen and oxygen atoms in total. The molecule has 1 aromatic carbocycles. The molecule has 0 aliphatic carbocycles. The molecule has 0 saturated carbocycles. The van der Waals surface area contributed by atoms with Gasteiger partial charge in [-0.2, -0.15) is 13.2 Å². The van der Waals surface area contributed by atoms with Gasteiger partial charge < -0.3 is 14.4 Å². The summed E-state index contributed by atoms with van der Waals surface area (Å²) in [6.07, 6.45) is -2.80. The average Bonchev–Trinajstić information content (AvgIpc) is 2.92. The average molecular weight is 462 g/mol. The fourth-order valence-corrected chi connectivity index (χ4v) is 4.32. The molecule has 0 radical (unpaired) electrons. The molecule has 4 rings (SSSR count). The second-order valence-corrected chi connectivity index (χ2v) is 8.15. The van der Waals surface area contributed by atoms with Crippen molar-refractivity contribution in [3.8, 4) is 5.75 Å². The predicted molar refractivity (Wildman–Crippen MR) is 108 cm³/mol. The molecule has 0 atom stereocenters. The number of aromatic nitrogens is 1. The Morgan fingerprint density at radius 2 is 1.90 bits per heavy atom. The number of anilines is 1. The summed E-state index contributed by atoms with van der Waals surface area (Å²) >= 11 is 12.4. The van der Waals surface area contributed by atoms with Crippen molar-refractivity contribution in [2.24, 2.45) is 0 Å². The molecule has 2 aromatic rings. The van der Waals surface area contributed by atoms with Gasteiger partial charge in [-0.3, -0.25) is 4.90 Å². The summed E-state index contributed by atoms with van der Waals surface area (Å²) in [4.78, 5) is 8.19. The number of alkyl halides is 3. The van der Waals surface area contributed by atoms with Crippen LogP contribution in [0.1, 0.15) is 23.1 Å². The van der Waals surface area contributed by atoms with Crippen LogP contribution in [0.5, 0.6) is 5.75 Å². The maximum atomic E-state index is 12.9. The Kier molecular flexibility index (Phi) is 6.29. The summed E-state index contributed by atoms with van der Waals surface area (Å²) in [5.74, 6) is 1.20. The molecule has 0 spiro atoms. The maximum absolute atomic E-state index is 12.9. The van der Waals surface area contributed by atoms with E-state index >= 15 is 0 Å². The Morgan fingerprint density at radius 3 is 2.67 bits per heavy atom. The van der Waals surface area contributed by atoms with E-state index in [9.17, 15) is 13.2 Å². The van der Waals surface area contributed by atoms with Gasteiger partial charge in [-0.05, 0) is 24.6 Å². The molecule has 0 bridgehead atoms. The summed E-state index contributed by atoms with van der Waals surface area (Å²) < 4.78 is 49.6. The highest BCUT2D eigenvalue weighted by atomic mass is 35.5. The van der Waals surface area contributed by atoms with E-state index in [0.29, 0.717) is 43.6 Å². The van der Waals surface area contributed by atoms with E-state index in [1.165, 1.54) is 0 Å². The molecule has 2 aliphatic heterocycles. The van der Waals surface area contributed by atoms with Crippen LogP contribution in [-0.4, -0.2) is 42.9 Å². The van der Waals surface area contributed by atoms with Crippen molar-refractivity contribution in [3.05, 3.63) is 51.1 Å². The molecule has 0 amide bonds. The van der Waals surface area contributed by atoms with Gasteiger partial charge in [0.25, 0.3) is 0 Å². The second kappa shape index (κ2) is 8.78. The molecule has 0 unspecified atom stereocenters. The number of benzene rings is 1. The van der Waals surface area contributed by atoms with Crippen molar-refractivity contribution in [2.45, 2.75) is 25.7 Å². The van der Waals surface area contributed by atoms with Crippen LogP contribution in [0.4, 0.5) is 19.0 Å². The number of rotatable bonds is 3. The Hall–Kier alpha value is -1.74. The number of halogens is 5. The van der Waals surface area contributed by atoms with Crippen LogP contribution in [-0.2, 0) is 24.1 Å². The molecule has 2 aliphatic rings. The zero-order valence-corrected chi connectivity index (χ0v) is 17.5. The lowest BCUT2D eigenvalue weighted by atomic mass is 10.1. The highest BCUT2D eigenvalue weighted by Gasteiger charge is 2.32. The summed E-state index contributed by atoms with van der Waals surface area (Å²) in [5, 5.41) is 0.644. The van der Waals surface area contributed by atoms with Crippen molar-refractivity contribution >= 4 is 29.0 Å². The van der Waals surface area contributed by atoms with E-state index in [2.05, 4.69) is 9.88 Å². The third-order valence-electron chi connectivity index (χ3n) is 5.18. The number of nitrogens with zero attached hydrogens (tertiary/aromatic N) is 3. The molecule has 1 aromatic heterocycles. The molecular formula is C20H20Cl2F3N3O2. The molecule has 10 heteroatoms. The zero-order chi connectivity index (χ0) is 21.3. The highest BCUT2D eigenvalue weighted by molar-refractivity contribution is 6.33. The van der Waals surface area contributed by atoms with Crippen molar-refractivity contribution in [2.75, 3.05) is 37.9 Å². The molecule has 1 saturated heterocycles. The normalized spacial score (nSPS) is 18.0. The smallest absolute Gasteiger partial charge is 0.417 e. The monoisotopic (exact) mass is 461 g/mol. The van der Waals surface area contributed by atoms with E-state index in [1.54, 1.807) is 0 Å². The van der Waals surface area contributed by atoms with E-state index in [-0.39, 0.29) is 11.8 Å². The summed E-state index contributed by atoms with van der Waals surface area (Å²) in [5.41, 5.74) is 1.09.